The third-order valence-corrected chi connectivity index (χ3v) is 5.71. The van der Waals surface area contributed by atoms with Gasteiger partial charge in [0.25, 0.3) is 0 Å². The Morgan fingerprint density at radius 1 is 1.00 bits per heavy atom. The molecule has 0 atom stereocenters. The molecular weight excluding hydrogens is 344 g/mol. The molecule has 0 aliphatic heterocycles. The molecule has 2 aromatic carbocycles. The van der Waals surface area contributed by atoms with Crippen LogP contribution in [0.4, 0.5) is 0 Å². The first-order valence-electron chi connectivity index (χ1n) is 8.90. The van der Waals surface area contributed by atoms with Crippen molar-refractivity contribution in [2.45, 2.75) is 36.9 Å². The molecule has 132 valence electrons. The smallest absolute Gasteiger partial charge is 0.210 e. The van der Waals surface area contributed by atoms with Gasteiger partial charge in [0.15, 0.2) is 5.78 Å². The van der Waals surface area contributed by atoms with Crippen molar-refractivity contribution < 1.29 is 4.79 Å². The lowest BCUT2D eigenvalue weighted by molar-refractivity contribution is 0.102. The summed E-state index contributed by atoms with van der Waals surface area (Å²) in [6.07, 6.45) is 4.68. The zero-order chi connectivity index (χ0) is 17.8. The molecule has 6 heteroatoms. The maximum Gasteiger partial charge on any atom is 0.210 e. The Balaban J connectivity index is 1.40. The number of rotatable bonds is 6. The maximum atomic E-state index is 12.5. The van der Waals surface area contributed by atoms with Gasteiger partial charge in [0, 0.05) is 5.56 Å². The number of benzene rings is 2. The Morgan fingerprint density at radius 3 is 2.42 bits per heavy atom. The second-order valence-electron chi connectivity index (χ2n) is 6.50. The standard InChI is InChI=1S/C20H20N4OS/c25-19(14-26-20-21-22-23-24(20)18-8-4-5-9-18)17-12-10-16(11-13-17)15-6-2-1-3-7-15/h1-3,6-7,10-13,18H,4-5,8-9,14H2. The second kappa shape index (κ2) is 7.83. The molecule has 1 fully saturated rings. The highest BCUT2D eigenvalue weighted by molar-refractivity contribution is 7.99. The average molecular weight is 364 g/mol. The molecule has 0 unspecified atom stereocenters. The highest BCUT2D eigenvalue weighted by Gasteiger charge is 2.22. The van der Waals surface area contributed by atoms with E-state index in [9.17, 15) is 4.79 Å². The number of thioether (sulfide) groups is 1. The van der Waals surface area contributed by atoms with E-state index in [0.717, 1.165) is 34.7 Å². The van der Waals surface area contributed by atoms with Crippen LogP contribution in [0.1, 0.15) is 42.1 Å². The summed E-state index contributed by atoms with van der Waals surface area (Å²) < 4.78 is 1.89. The first-order valence-corrected chi connectivity index (χ1v) is 9.89. The number of nitrogens with zero attached hydrogens (tertiary/aromatic N) is 4. The van der Waals surface area contributed by atoms with Crippen molar-refractivity contribution >= 4 is 17.5 Å². The van der Waals surface area contributed by atoms with Crippen LogP contribution in [0.3, 0.4) is 0 Å². The van der Waals surface area contributed by atoms with Crippen molar-refractivity contribution in [2.24, 2.45) is 0 Å². The molecule has 0 amide bonds. The van der Waals surface area contributed by atoms with Crippen LogP contribution in [-0.2, 0) is 0 Å². The molecule has 0 spiro atoms. The molecule has 26 heavy (non-hydrogen) atoms. The van der Waals surface area contributed by atoms with E-state index in [1.54, 1.807) is 0 Å². The van der Waals surface area contributed by atoms with Crippen LogP contribution >= 0.6 is 11.8 Å². The van der Waals surface area contributed by atoms with Crippen molar-refractivity contribution in [3.8, 4) is 11.1 Å². The van der Waals surface area contributed by atoms with Crippen LogP contribution in [0.5, 0.6) is 0 Å². The fourth-order valence-electron chi connectivity index (χ4n) is 3.35. The van der Waals surface area contributed by atoms with E-state index in [4.69, 9.17) is 0 Å². The molecule has 0 N–H and O–H groups in total. The number of aromatic nitrogens is 4. The van der Waals surface area contributed by atoms with E-state index in [-0.39, 0.29) is 5.78 Å². The topological polar surface area (TPSA) is 60.7 Å². The van der Waals surface area contributed by atoms with Crippen LogP contribution < -0.4 is 0 Å². The van der Waals surface area contributed by atoms with Gasteiger partial charge in [0.2, 0.25) is 5.16 Å². The Kier molecular flexibility index (Phi) is 5.11. The minimum atomic E-state index is 0.0931. The summed E-state index contributed by atoms with van der Waals surface area (Å²) in [4.78, 5) is 12.5. The zero-order valence-electron chi connectivity index (χ0n) is 14.4. The molecule has 0 bridgehead atoms. The Bertz CT molecular complexity index is 870. The van der Waals surface area contributed by atoms with Crippen LogP contribution in [0.15, 0.2) is 59.8 Å². The highest BCUT2D eigenvalue weighted by atomic mass is 32.2. The SMILES string of the molecule is O=C(CSc1nnnn1C1CCCC1)c1ccc(-c2ccccc2)cc1. The lowest BCUT2D eigenvalue weighted by atomic mass is 10.0. The molecule has 1 aliphatic rings. The third kappa shape index (κ3) is 3.70. The van der Waals surface area contributed by atoms with Crippen molar-refractivity contribution in [3.05, 3.63) is 60.2 Å². The molecule has 1 aromatic heterocycles. The lowest BCUT2D eigenvalue weighted by Gasteiger charge is -2.10. The van der Waals surface area contributed by atoms with E-state index in [1.807, 2.05) is 47.1 Å². The Morgan fingerprint density at radius 2 is 1.69 bits per heavy atom. The van der Waals surface area contributed by atoms with Gasteiger partial charge in [-0.3, -0.25) is 4.79 Å². The number of carbonyl (C=O) groups excluding carboxylic acids is 1. The molecule has 5 nitrogen and oxygen atoms in total. The fraction of sp³-hybridized carbons (Fsp3) is 0.300. The molecule has 0 radical (unpaired) electrons. The van der Waals surface area contributed by atoms with Gasteiger partial charge >= 0.3 is 0 Å². The third-order valence-electron chi connectivity index (χ3n) is 4.78. The minimum absolute atomic E-state index is 0.0931. The lowest BCUT2D eigenvalue weighted by Crippen LogP contribution is -2.10. The maximum absolute atomic E-state index is 12.5. The van der Waals surface area contributed by atoms with Gasteiger partial charge in [-0.1, -0.05) is 79.2 Å². The summed E-state index contributed by atoms with van der Waals surface area (Å²) in [6, 6.07) is 18.3. The van der Waals surface area contributed by atoms with Crippen LogP contribution in [-0.4, -0.2) is 31.7 Å². The summed E-state index contributed by atoms with van der Waals surface area (Å²) in [5, 5.41) is 12.7. The van der Waals surface area contributed by atoms with Gasteiger partial charge in [-0.15, -0.1) is 5.10 Å². The van der Waals surface area contributed by atoms with Crippen LogP contribution in [0.25, 0.3) is 11.1 Å². The molecule has 4 rings (SSSR count). The normalized spacial score (nSPS) is 14.6. The van der Waals surface area contributed by atoms with Gasteiger partial charge in [0.1, 0.15) is 0 Å². The zero-order valence-corrected chi connectivity index (χ0v) is 15.2. The summed E-state index contributed by atoms with van der Waals surface area (Å²) >= 11 is 1.42. The van der Waals surface area contributed by atoms with Gasteiger partial charge in [-0.2, -0.15) is 0 Å². The highest BCUT2D eigenvalue weighted by Crippen LogP contribution is 2.31. The Hall–Kier alpha value is -2.47. The van der Waals surface area contributed by atoms with Crippen LogP contribution in [0.2, 0.25) is 0 Å². The number of Topliss-reactive ketones (excluding diaryl/α,β-unsaturated/α-hetero) is 1. The number of tetrazole rings is 1. The van der Waals surface area contributed by atoms with E-state index >= 15 is 0 Å². The first-order chi connectivity index (χ1) is 12.8. The number of ketones is 1. The van der Waals surface area contributed by atoms with Crippen molar-refractivity contribution in [2.75, 3.05) is 5.75 Å². The fourth-order valence-corrected chi connectivity index (χ4v) is 4.19. The van der Waals surface area contributed by atoms with E-state index < -0.39 is 0 Å². The molecule has 0 saturated heterocycles. The molecule has 1 saturated carbocycles. The predicted molar refractivity (Wildman–Crippen MR) is 102 cm³/mol. The van der Waals surface area contributed by atoms with Crippen molar-refractivity contribution in [1.82, 2.24) is 20.2 Å². The summed E-state index contributed by atoms with van der Waals surface area (Å²) in [5.74, 6) is 0.438. The number of carbonyl (C=O) groups is 1. The van der Waals surface area contributed by atoms with Gasteiger partial charge < -0.3 is 0 Å². The second-order valence-corrected chi connectivity index (χ2v) is 7.44. The summed E-state index contributed by atoms with van der Waals surface area (Å²) in [7, 11) is 0. The van der Waals surface area contributed by atoms with E-state index in [2.05, 4.69) is 27.7 Å². The van der Waals surface area contributed by atoms with Gasteiger partial charge in [0.05, 0.1) is 11.8 Å². The molecule has 1 heterocycles. The predicted octanol–water partition coefficient (Wildman–Crippen LogP) is 4.43. The molecular formula is C20H20N4OS. The Labute approximate surface area is 156 Å². The molecule has 1 aliphatic carbocycles. The van der Waals surface area contributed by atoms with E-state index in [0.29, 0.717) is 11.8 Å². The average Bonchev–Trinajstić information content (AvgIpc) is 3.38. The summed E-state index contributed by atoms with van der Waals surface area (Å²) in [6.45, 7) is 0. The quantitative estimate of drug-likeness (QED) is 0.478. The monoisotopic (exact) mass is 364 g/mol. The van der Waals surface area contributed by atoms with Gasteiger partial charge in [-0.25, -0.2) is 4.68 Å². The van der Waals surface area contributed by atoms with Crippen LogP contribution in [0, 0.1) is 0 Å². The first kappa shape index (κ1) is 17.0. The minimum Gasteiger partial charge on any atom is -0.293 e. The molecule has 3 aromatic rings. The number of hydrogen-bond donors (Lipinski definition) is 0. The summed E-state index contributed by atoms with van der Waals surface area (Å²) in [5.41, 5.74) is 2.98. The largest absolute Gasteiger partial charge is 0.293 e. The van der Waals surface area contributed by atoms with Crippen molar-refractivity contribution in [1.29, 1.82) is 0 Å². The van der Waals surface area contributed by atoms with Gasteiger partial charge in [-0.05, 0) is 34.4 Å². The van der Waals surface area contributed by atoms with Crippen molar-refractivity contribution in [3.63, 3.8) is 0 Å². The van der Waals surface area contributed by atoms with E-state index in [1.165, 1.54) is 24.6 Å². The number of hydrogen-bond acceptors (Lipinski definition) is 5.